The van der Waals surface area contributed by atoms with Gasteiger partial charge in [-0.3, -0.25) is 9.69 Å². The summed E-state index contributed by atoms with van der Waals surface area (Å²) >= 11 is 0. The summed E-state index contributed by atoms with van der Waals surface area (Å²) in [6.07, 6.45) is 0.446. The number of rotatable bonds is 6. The SMILES string of the molecule is COCCN(C)Cc1ccc(N2CC(N)CC2=O)cc1. The molecular weight excluding hydrogens is 254 g/mol. The van der Waals surface area contributed by atoms with Gasteiger partial charge in [-0.1, -0.05) is 12.1 Å². The van der Waals surface area contributed by atoms with Crippen LogP contribution >= 0.6 is 0 Å². The normalized spacial score (nSPS) is 19.1. The highest BCUT2D eigenvalue weighted by atomic mass is 16.5. The number of nitrogens with two attached hydrogens (primary N) is 1. The Bertz CT molecular complexity index is 447. The van der Waals surface area contributed by atoms with Gasteiger partial charge in [-0.25, -0.2) is 0 Å². The minimum atomic E-state index is -0.0395. The molecule has 5 heteroatoms. The van der Waals surface area contributed by atoms with E-state index in [1.54, 1.807) is 12.0 Å². The van der Waals surface area contributed by atoms with Gasteiger partial charge in [0, 0.05) is 44.9 Å². The molecule has 0 bridgehead atoms. The van der Waals surface area contributed by atoms with Gasteiger partial charge >= 0.3 is 0 Å². The zero-order chi connectivity index (χ0) is 14.5. The van der Waals surface area contributed by atoms with Gasteiger partial charge < -0.3 is 15.4 Å². The molecule has 1 aliphatic rings. The Hall–Kier alpha value is -1.43. The number of anilines is 1. The minimum Gasteiger partial charge on any atom is -0.383 e. The number of carbonyl (C=O) groups is 1. The fraction of sp³-hybridized carbons (Fsp3) is 0.533. The summed E-state index contributed by atoms with van der Waals surface area (Å²) in [5.41, 5.74) is 7.98. The number of carbonyl (C=O) groups excluding carboxylic acids is 1. The van der Waals surface area contributed by atoms with Crippen molar-refractivity contribution in [1.29, 1.82) is 0 Å². The maximum atomic E-state index is 11.8. The van der Waals surface area contributed by atoms with Gasteiger partial charge in [-0.15, -0.1) is 0 Å². The summed E-state index contributed by atoms with van der Waals surface area (Å²) in [7, 11) is 3.77. The van der Waals surface area contributed by atoms with Crippen molar-refractivity contribution in [1.82, 2.24) is 4.90 Å². The van der Waals surface area contributed by atoms with Gasteiger partial charge in [0.1, 0.15) is 0 Å². The van der Waals surface area contributed by atoms with Gasteiger partial charge in [-0.05, 0) is 24.7 Å². The molecule has 1 heterocycles. The molecule has 1 aromatic carbocycles. The van der Waals surface area contributed by atoms with Crippen molar-refractivity contribution in [2.45, 2.75) is 19.0 Å². The van der Waals surface area contributed by atoms with Crippen molar-refractivity contribution < 1.29 is 9.53 Å². The third-order valence-electron chi connectivity index (χ3n) is 3.53. The predicted octanol–water partition coefficient (Wildman–Crippen LogP) is 0.829. The molecule has 1 amide bonds. The number of likely N-dealkylation sites (N-methyl/N-ethyl adjacent to an activating group) is 1. The Kier molecular flexibility index (Phi) is 5.11. The lowest BCUT2D eigenvalue weighted by Crippen LogP contribution is -2.28. The van der Waals surface area contributed by atoms with E-state index in [-0.39, 0.29) is 11.9 Å². The molecule has 0 saturated carbocycles. The average molecular weight is 277 g/mol. The third-order valence-corrected chi connectivity index (χ3v) is 3.53. The van der Waals surface area contributed by atoms with Crippen LogP contribution < -0.4 is 10.6 Å². The van der Waals surface area contributed by atoms with Gasteiger partial charge in [0.05, 0.1) is 6.61 Å². The molecule has 1 atom stereocenters. The number of hydrogen-bond acceptors (Lipinski definition) is 4. The minimum absolute atomic E-state index is 0.0395. The Morgan fingerprint density at radius 2 is 2.10 bits per heavy atom. The topological polar surface area (TPSA) is 58.8 Å². The molecule has 1 aromatic rings. The molecule has 2 N–H and O–H groups in total. The first-order valence-corrected chi connectivity index (χ1v) is 6.92. The van der Waals surface area contributed by atoms with Crippen molar-refractivity contribution in [2.24, 2.45) is 5.73 Å². The van der Waals surface area contributed by atoms with E-state index < -0.39 is 0 Å². The summed E-state index contributed by atoms with van der Waals surface area (Å²) in [4.78, 5) is 15.8. The maximum Gasteiger partial charge on any atom is 0.228 e. The lowest BCUT2D eigenvalue weighted by molar-refractivity contribution is -0.117. The Morgan fingerprint density at radius 3 is 2.65 bits per heavy atom. The Balaban J connectivity index is 1.94. The van der Waals surface area contributed by atoms with Gasteiger partial charge in [0.2, 0.25) is 5.91 Å². The Labute approximate surface area is 120 Å². The predicted molar refractivity (Wildman–Crippen MR) is 79.6 cm³/mol. The van der Waals surface area contributed by atoms with E-state index >= 15 is 0 Å². The second-order valence-corrected chi connectivity index (χ2v) is 5.37. The van der Waals surface area contributed by atoms with Crippen LogP contribution in [-0.4, -0.2) is 50.7 Å². The van der Waals surface area contributed by atoms with Crippen molar-refractivity contribution >= 4 is 11.6 Å². The fourth-order valence-electron chi connectivity index (χ4n) is 2.40. The molecule has 0 aromatic heterocycles. The Morgan fingerprint density at radius 1 is 1.40 bits per heavy atom. The van der Waals surface area contributed by atoms with Crippen LogP contribution in [0, 0.1) is 0 Å². The van der Waals surface area contributed by atoms with Crippen LogP contribution in [0.1, 0.15) is 12.0 Å². The van der Waals surface area contributed by atoms with Crippen LogP contribution in [0.5, 0.6) is 0 Å². The molecule has 0 radical (unpaired) electrons. The van der Waals surface area contributed by atoms with Crippen molar-refractivity contribution in [2.75, 3.05) is 38.8 Å². The lowest BCUT2D eigenvalue weighted by atomic mass is 10.2. The summed E-state index contributed by atoms with van der Waals surface area (Å²) in [5, 5.41) is 0. The van der Waals surface area contributed by atoms with Crippen LogP contribution in [0.2, 0.25) is 0 Å². The standard InChI is InChI=1S/C15H23N3O2/c1-17(7-8-20-2)10-12-3-5-14(6-4-12)18-11-13(16)9-15(18)19/h3-6,13H,7-11,16H2,1-2H3. The first kappa shape index (κ1) is 15.0. The van der Waals surface area contributed by atoms with E-state index in [0.717, 1.165) is 25.4 Å². The number of benzene rings is 1. The highest BCUT2D eigenvalue weighted by Gasteiger charge is 2.27. The highest BCUT2D eigenvalue weighted by Crippen LogP contribution is 2.21. The van der Waals surface area contributed by atoms with Gasteiger partial charge in [-0.2, -0.15) is 0 Å². The fourth-order valence-corrected chi connectivity index (χ4v) is 2.40. The van der Waals surface area contributed by atoms with Gasteiger partial charge in [0.15, 0.2) is 0 Å². The lowest BCUT2D eigenvalue weighted by Gasteiger charge is -2.18. The van der Waals surface area contributed by atoms with E-state index in [2.05, 4.69) is 24.1 Å². The molecule has 110 valence electrons. The van der Waals surface area contributed by atoms with Crippen LogP contribution in [0.25, 0.3) is 0 Å². The molecule has 20 heavy (non-hydrogen) atoms. The van der Waals surface area contributed by atoms with E-state index in [1.807, 2.05) is 12.1 Å². The number of amides is 1. The largest absolute Gasteiger partial charge is 0.383 e. The quantitative estimate of drug-likeness (QED) is 0.836. The summed E-state index contributed by atoms with van der Waals surface area (Å²) in [6, 6.07) is 8.08. The molecule has 0 aliphatic carbocycles. The number of nitrogens with zero attached hydrogens (tertiary/aromatic N) is 2. The van der Waals surface area contributed by atoms with Crippen LogP contribution in [0.4, 0.5) is 5.69 Å². The van der Waals surface area contributed by atoms with E-state index in [0.29, 0.717) is 13.0 Å². The number of ether oxygens (including phenoxy) is 1. The third kappa shape index (κ3) is 3.79. The van der Waals surface area contributed by atoms with Crippen LogP contribution in [0.3, 0.4) is 0 Å². The molecule has 2 rings (SSSR count). The highest BCUT2D eigenvalue weighted by molar-refractivity contribution is 5.96. The first-order valence-electron chi connectivity index (χ1n) is 6.92. The van der Waals surface area contributed by atoms with Crippen molar-refractivity contribution in [3.05, 3.63) is 29.8 Å². The first-order chi connectivity index (χ1) is 9.60. The monoisotopic (exact) mass is 277 g/mol. The molecule has 0 spiro atoms. The molecular formula is C15H23N3O2. The summed E-state index contributed by atoms with van der Waals surface area (Å²) in [5.74, 6) is 0.113. The van der Waals surface area contributed by atoms with E-state index in [4.69, 9.17) is 10.5 Å². The van der Waals surface area contributed by atoms with Crippen LogP contribution in [0.15, 0.2) is 24.3 Å². The zero-order valence-corrected chi connectivity index (χ0v) is 12.2. The molecule has 5 nitrogen and oxygen atoms in total. The molecule has 1 unspecified atom stereocenters. The summed E-state index contributed by atoms with van der Waals surface area (Å²) < 4.78 is 5.06. The molecule has 1 saturated heterocycles. The van der Waals surface area contributed by atoms with Crippen molar-refractivity contribution in [3.63, 3.8) is 0 Å². The van der Waals surface area contributed by atoms with Crippen molar-refractivity contribution in [3.8, 4) is 0 Å². The smallest absolute Gasteiger partial charge is 0.228 e. The molecule has 1 aliphatic heterocycles. The zero-order valence-electron chi connectivity index (χ0n) is 12.2. The molecule has 1 fully saturated rings. The van der Waals surface area contributed by atoms with Gasteiger partial charge in [0.25, 0.3) is 0 Å². The maximum absolute atomic E-state index is 11.8. The van der Waals surface area contributed by atoms with E-state index in [1.165, 1.54) is 5.56 Å². The van der Waals surface area contributed by atoms with Crippen LogP contribution in [-0.2, 0) is 16.1 Å². The number of hydrogen-bond donors (Lipinski definition) is 1. The number of methoxy groups -OCH3 is 1. The average Bonchev–Trinajstić information content (AvgIpc) is 2.76. The summed E-state index contributed by atoms with van der Waals surface area (Å²) in [6.45, 7) is 3.12. The second kappa shape index (κ2) is 6.83. The second-order valence-electron chi connectivity index (χ2n) is 5.37. The van der Waals surface area contributed by atoms with E-state index in [9.17, 15) is 4.79 Å².